The average molecular weight is 319 g/mol. The Balaban J connectivity index is 2.15. The first kappa shape index (κ1) is 14.7. The lowest BCUT2D eigenvalue weighted by Crippen LogP contribution is -2.47. The van der Waals surface area contributed by atoms with E-state index in [1.54, 1.807) is 40.7 Å². The van der Waals surface area contributed by atoms with Crippen LogP contribution in [-0.4, -0.2) is 52.9 Å². The third kappa shape index (κ3) is 3.07. The molecule has 7 heteroatoms. The Kier molecular flexibility index (Phi) is 4.76. The zero-order chi connectivity index (χ0) is 14.0. The summed E-state index contributed by atoms with van der Waals surface area (Å²) in [7, 11) is 1.76. The second-order valence-electron chi connectivity index (χ2n) is 4.25. The number of carbonyl (C=O) groups excluding carboxylic acids is 2. The summed E-state index contributed by atoms with van der Waals surface area (Å²) in [4.78, 5) is 28.5. The summed E-state index contributed by atoms with van der Waals surface area (Å²) in [5.74, 6) is 1.12. The van der Waals surface area contributed by atoms with Gasteiger partial charge in [0.05, 0.1) is 15.1 Å². The highest BCUT2D eigenvalue weighted by Crippen LogP contribution is 2.28. The molecule has 1 aromatic heterocycles. The fraction of sp³-hybridized carbons (Fsp3) is 0.500. The lowest BCUT2D eigenvalue weighted by atomic mass is 10.2. The maximum Gasteiger partial charge on any atom is 0.265 e. The molecule has 0 radical (unpaired) electrons. The summed E-state index contributed by atoms with van der Waals surface area (Å²) in [6.07, 6.45) is 0. The summed E-state index contributed by atoms with van der Waals surface area (Å²) >= 11 is 8.71. The molecule has 1 atom stereocenters. The van der Waals surface area contributed by atoms with E-state index >= 15 is 0 Å². The van der Waals surface area contributed by atoms with Gasteiger partial charge in [-0.15, -0.1) is 23.1 Å². The Labute approximate surface area is 125 Å². The quantitative estimate of drug-likeness (QED) is 0.859. The number of carbonyl (C=O) groups is 2. The van der Waals surface area contributed by atoms with Crippen LogP contribution in [-0.2, 0) is 4.79 Å². The number of amides is 2. The van der Waals surface area contributed by atoms with E-state index in [2.05, 4.69) is 0 Å². The zero-order valence-electron chi connectivity index (χ0n) is 10.8. The first-order valence-corrected chi connectivity index (χ1v) is 8.28. The smallest absolute Gasteiger partial charge is 0.265 e. The highest BCUT2D eigenvalue weighted by molar-refractivity contribution is 7.99. The number of thioether (sulfide) groups is 1. The van der Waals surface area contributed by atoms with Crippen LogP contribution in [0.15, 0.2) is 12.1 Å². The molecule has 19 heavy (non-hydrogen) atoms. The molecule has 1 saturated heterocycles. The van der Waals surface area contributed by atoms with Gasteiger partial charge < -0.3 is 9.80 Å². The number of thiophene rings is 1. The molecule has 4 nitrogen and oxygen atoms in total. The third-order valence-electron chi connectivity index (χ3n) is 3.06. The van der Waals surface area contributed by atoms with Crippen LogP contribution in [0.25, 0.3) is 0 Å². The predicted octanol–water partition coefficient (Wildman–Crippen LogP) is 2.39. The molecule has 0 spiro atoms. The molecule has 1 aromatic rings. The van der Waals surface area contributed by atoms with Crippen molar-refractivity contribution in [1.29, 1.82) is 0 Å². The Bertz CT molecular complexity index is 492. The minimum absolute atomic E-state index is 0.00324. The van der Waals surface area contributed by atoms with Crippen LogP contribution in [0.1, 0.15) is 16.6 Å². The van der Waals surface area contributed by atoms with Crippen molar-refractivity contribution in [1.82, 2.24) is 9.80 Å². The number of likely N-dealkylation sites (N-methyl/N-ethyl adjacent to an activating group) is 1. The molecular formula is C12H15ClN2O2S2. The highest BCUT2D eigenvalue weighted by Gasteiger charge is 2.36. The number of rotatable bonds is 3. The molecular weight excluding hydrogens is 304 g/mol. The first-order chi connectivity index (χ1) is 9.04. The average Bonchev–Trinajstić information content (AvgIpc) is 3.04. The fourth-order valence-corrected chi connectivity index (χ4v) is 3.97. The van der Waals surface area contributed by atoms with Gasteiger partial charge in [-0.25, -0.2) is 0 Å². The molecule has 0 bridgehead atoms. The van der Waals surface area contributed by atoms with E-state index in [9.17, 15) is 9.59 Å². The topological polar surface area (TPSA) is 40.6 Å². The van der Waals surface area contributed by atoms with Crippen molar-refractivity contribution in [3.63, 3.8) is 0 Å². The SMILES string of the molecule is CCN(C)C(=O)[C@H]1CSCN1C(=O)c1ccc(Cl)s1. The normalized spacial score (nSPS) is 18.7. The molecule has 1 aliphatic rings. The lowest BCUT2D eigenvalue weighted by Gasteiger charge is -2.26. The van der Waals surface area contributed by atoms with Crippen molar-refractivity contribution in [2.75, 3.05) is 25.2 Å². The highest BCUT2D eigenvalue weighted by atomic mass is 35.5. The van der Waals surface area contributed by atoms with E-state index in [1.165, 1.54) is 11.3 Å². The molecule has 0 unspecified atom stereocenters. The van der Waals surface area contributed by atoms with Crippen LogP contribution in [0.4, 0.5) is 0 Å². The van der Waals surface area contributed by atoms with E-state index in [4.69, 9.17) is 11.6 Å². The summed E-state index contributed by atoms with van der Waals surface area (Å²) in [5, 5.41) is 0. The van der Waals surface area contributed by atoms with Crippen molar-refractivity contribution >= 4 is 46.5 Å². The van der Waals surface area contributed by atoms with Crippen LogP contribution >= 0.6 is 34.7 Å². The minimum Gasteiger partial charge on any atom is -0.344 e. The van der Waals surface area contributed by atoms with Gasteiger partial charge in [-0.05, 0) is 19.1 Å². The van der Waals surface area contributed by atoms with Gasteiger partial charge in [0.15, 0.2) is 0 Å². The van der Waals surface area contributed by atoms with Crippen molar-refractivity contribution in [2.45, 2.75) is 13.0 Å². The predicted molar refractivity (Wildman–Crippen MR) is 79.9 cm³/mol. The third-order valence-corrected chi connectivity index (χ3v) is 5.29. The lowest BCUT2D eigenvalue weighted by molar-refractivity contribution is -0.133. The second-order valence-corrected chi connectivity index (χ2v) is 6.96. The number of hydrogen-bond donors (Lipinski definition) is 0. The van der Waals surface area contributed by atoms with Crippen LogP contribution in [0.3, 0.4) is 0 Å². The Morgan fingerprint density at radius 2 is 2.26 bits per heavy atom. The standard InChI is InChI=1S/C12H15ClN2O2S2/c1-3-14(2)11(16)8-6-18-7-15(8)12(17)9-4-5-10(13)19-9/h4-5,8H,3,6-7H2,1-2H3/t8-/m1/s1. The molecule has 2 rings (SSSR count). The molecule has 2 heterocycles. The largest absolute Gasteiger partial charge is 0.344 e. The summed E-state index contributed by atoms with van der Waals surface area (Å²) in [5.41, 5.74) is 0. The van der Waals surface area contributed by atoms with Crippen molar-refractivity contribution in [2.24, 2.45) is 0 Å². The molecule has 104 valence electrons. The van der Waals surface area contributed by atoms with Gasteiger partial charge in [-0.3, -0.25) is 9.59 Å². The zero-order valence-corrected chi connectivity index (χ0v) is 13.1. The molecule has 0 aromatic carbocycles. The van der Waals surface area contributed by atoms with E-state index in [0.29, 0.717) is 27.4 Å². The van der Waals surface area contributed by atoms with E-state index in [0.717, 1.165) is 0 Å². The molecule has 0 saturated carbocycles. The van der Waals surface area contributed by atoms with E-state index in [-0.39, 0.29) is 17.9 Å². The number of hydrogen-bond acceptors (Lipinski definition) is 4. The molecule has 1 fully saturated rings. The van der Waals surface area contributed by atoms with E-state index < -0.39 is 0 Å². The first-order valence-electron chi connectivity index (χ1n) is 5.93. The van der Waals surface area contributed by atoms with Crippen LogP contribution in [0.2, 0.25) is 4.34 Å². The van der Waals surface area contributed by atoms with Gasteiger partial charge >= 0.3 is 0 Å². The fourth-order valence-electron chi connectivity index (χ4n) is 1.83. The molecule has 1 aliphatic heterocycles. The van der Waals surface area contributed by atoms with Gasteiger partial charge in [-0.2, -0.15) is 0 Å². The minimum atomic E-state index is -0.358. The van der Waals surface area contributed by atoms with Crippen molar-refractivity contribution in [3.05, 3.63) is 21.3 Å². The van der Waals surface area contributed by atoms with Gasteiger partial charge in [0.25, 0.3) is 5.91 Å². The number of nitrogens with zero attached hydrogens (tertiary/aromatic N) is 2. The second kappa shape index (κ2) is 6.15. The molecule has 0 N–H and O–H groups in total. The van der Waals surface area contributed by atoms with Gasteiger partial charge in [0.1, 0.15) is 6.04 Å². The van der Waals surface area contributed by atoms with Crippen molar-refractivity contribution in [3.8, 4) is 0 Å². The summed E-state index contributed by atoms with van der Waals surface area (Å²) in [6, 6.07) is 3.06. The summed E-state index contributed by atoms with van der Waals surface area (Å²) in [6.45, 7) is 2.57. The Hall–Kier alpha value is -0.720. The van der Waals surface area contributed by atoms with Gasteiger partial charge in [0, 0.05) is 19.3 Å². The maximum atomic E-state index is 12.4. The van der Waals surface area contributed by atoms with Crippen molar-refractivity contribution < 1.29 is 9.59 Å². The van der Waals surface area contributed by atoms with Gasteiger partial charge in [0.2, 0.25) is 5.91 Å². The van der Waals surface area contributed by atoms with Crippen LogP contribution in [0, 0.1) is 0 Å². The van der Waals surface area contributed by atoms with Gasteiger partial charge in [-0.1, -0.05) is 11.6 Å². The Morgan fingerprint density at radius 3 is 2.84 bits per heavy atom. The summed E-state index contributed by atoms with van der Waals surface area (Å²) < 4.78 is 0.587. The monoisotopic (exact) mass is 318 g/mol. The molecule has 2 amide bonds. The Morgan fingerprint density at radius 1 is 1.53 bits per heavy atom. The number of halogens is 1. The van der Waals surface area contributed by atoms with Crippen LogP contribution in [0.5, 0.6) is 0 Å². The maximum absolute atomic E-state index is 12.4. The molecule has 0 aliphatic carbocycles. The van der Waals surface area contributed by atoms with E-state index in [1.807, 2.05) is 6.92 Å². The van der Waals surface area contributed by atoms with Crippen LogP contribution < -0.4 is 0 Å².